The van der Waals surface area contributed by atoms with Crippen LogP contribution in [0, 0.1) is 3.57 Å². The lowest BCUT2D eigenvalue weighted by Crippen LogP contribution is -3.99. The number of rotatable bonds is 3. The fraction of sp³-hybridized carbons (Fsp3) is 0. The molecule has 0 saturated heterocycles. The van der Waals surface area contributed by atoms with E-state index in [4.69, 9.17) is 0 Å². The molecule has 0 aromatic heterocycles. The van der Waals surface area contributed by atoms with Gasteiger partial charge in [0, 0.05) is 0 Å². The van der Waals surface area contributed by atoms with E-state index in [1.807, 2.05) is 0 Å². The van der Waals surface area contributed by atoms with Crippen LogP contribution in [0.15, 0.2) is 24.3 Å². The number of benzene rings is 1. The van der Waals surface area contributed by atoms with Crippen molar-refractivity contribution >= 4 is 25.8 Å². The summed E-state index contributed by atoms with van der Waals surface area (Å²) in [6, 6.07) is 5.30. The van der Waals surface area contributed by atoms with Crippen molar-refractivity contribution in [3.8, 4) is 0 Å². The highest BCUT2D eigenvalue weighted by Crippen LogP contribution is 2.21. The second-order valence-corrected chi connectivity index (χ2v) is 6.17. The van der Waals surface area contributed by atoms with E-state index in [1.165, 1.54) is 24.3 Å². The molecule has 0 spiro atoms. The van der Waals surface area contributed by atoms with E-state index in [1.54, 1.807) is 0 Å². The SMILES string of the molecule is O=C(O[I+2]([O-])[O-])c1ccccc1I(=O)=O. The lowest BCUT2D eigenvalue weighted by molar-refractivity contribution is -1.62. The largest absolute Gasteiger partial charge is 0.575 e. The first kappa shape index (κ1) is 12.7. The molecule has 1 aromatic rings. The van der Waals surface area contributed by atoms with Crippen LogP contribution in [-0.2, 0) is 9.20 Å². The summed E-state index contributed by atoms with van der Waals surface area (Å²) >= 11 is -7.97. The molecule has 0 aliphatic rings. The van der Waals surface area contributed by atoms with E-state index in [0.29, 0.717) is 0 Å². The highest BCUT2D eigenvalue weighted by Gasteiger charge is 2.26. The Kier molecular flexibility index (Phi) is 4.82. The van der Waals surface area contributed by atoms with Gasteiger partial charge in [-0.1, -0.05) is 12.1 Å². The van der Waals surface area contributed by atoms with Crippen LogP contribution in [0.25, 0.3) is 0 Å². The topological polar surface area (TPSA) is 107 Å². The highest BCUT2D eigenvalue weighted by molar-refractivity contribution is 14.2. The van der Waals surface area contributed by atoms with Crippen LogP contribution in [0.1, 0.15) is 10.4 Å². The number of carbonyl (C=O) groups is 1. The lowest BCUT2D eigenvalue weighted by Gasteiger charge is -1.96. The Morgan fingerprint density at radius 1 is 1.27 bits per heavy atom. The second-order valence-electron chi connectivity index (χ2n) is 2.25. The van der Waals surface area contributed by atoms with Gasteiger partial charge in [0.15, 0.2) is 0 Å². The summed E-state index contributed by atoms with van der Waals surface area (Å²) in [6.45, 7) is 0. The Hall–Kier alpha value is -0.330. The molecule has 15 heavy (non-hydrogen) atoms. The minimum absolute atomic E-state index is 0.163. The molecule has 0 unspecified atom stereocenters. The molecule has 6 nitrogen and oxygen atoms in total. The van der Waals surface area contributed by atoms with Gasteiger partial charge in [0.2, 0.25) is 0 Å². The van der Waals surface area contributed by atoms with Gasteiger partial charge in [0.25, 0.3) is 0 Å². The lowest BCUT2D eigenvalue weighted by atomic mass is 10.2. The van der Waals surface area contributed by atoms with Crippen molar-refractivity contribution in [1.82, 2.24) is 0 Å². The Balaban J connectivity index is 3.08. The van der Waals surface area contributed by atoms with Gasteiger partial charge in [0.1, 0.15) is 0 Å². The summed E-state index contributed by atoms with van der Waals surface area (Å²) in [5, 5.41) is 0. The number of halogens is 2. The molecule has 0 amide bonds. The van der Waals surface area contributed by atoms with E-state index in [-0.39, 0.29) is 9.13 Å². The van der Waals surface area contributed by atoms with Gasteiger partial charge in [-0.3, -0.25) is 0 Å². The average molecular weight is 438 g/mol. The van der Waals surface area contributed by atoms with E-state index in [9.17, 15) is 17.8 Å². The van der Waals surface area contributed by atoms with Crippen LogP contribution in [-0.4, -0.2) is 5.97 Å². The Labute approximate surface area is 100 Å². The van der Waals surface area contributed by atoms with Gasteiger partial charge < -0.3 is 6.87 Å². The minimum Gasteiger partial charge on any atom is -0.385 e. The monoisotopic (exact) mass is 438 g/mol. The molecule has 82 valence electrons. The molecule has 1 aromatic carbocycles. The van der Waals surface area contributed by atoms with Crippen LogP contribution in [0.2, 0.25) is 0 Å². The molecule has 0 aliphatic carbocycles. The van der Waals surface area contributed by atoms with Crippen molar-refractivity contribution in [3.63, 3.8) is 0 Å². The van der Waals surface area contributed by atoms with Crippen molar-refractivity contribution < 1.29 is 41.9 Å². The van der Waals surface area contributed by atoms with E-state index in [2.05, 4.69) is 3.07 Å². The van der Waals surface area contributed by atoms with Gasteiger partial charge in [-0.2, -0.15) is 0 Å². The summed E-state index contributed by atoms with van der Waals surface area (Å²) in [5.74, 6) is -1.14. The number of carbonyl (C=O) groups excluding carboxylic acids is 1. The molecule has 0 heterocycles. The zero-order chi connectivity index (χ0) is 11.4. The van der Waals surface area contributed by atoms with Crippen molar-refractivity contribution in [2.24, 2.45) is 0 Å². The molecule has 0 atom stereocenters. The minimum atomic E-state index is -4.14. The van der Waals surface area contributed by atoms with Gasteiger partial charge in [-0.15, -0.1) is 3.07 Å². The van der Waals surface area contributed by atoms with Crippen molar-refractivity contribution in [3.05, 3.63) is 33.4 Å². The molecule has 0 radical (unpaired) electrons. The quantitative estimate of drug-likeness (QED) is 0.450. The maximum atomic E-state index is 11.1. The van der Waals surface area contributed by atoms with Crippen molar-refractivity contribution in [2.45, 2.75) is 0 Å². The summed E-state index contributed by atoms with van der Waals surface area (Å²) in [5.41, 5.74) is -0.235. The van der Waals surface area contributed by atoms with Gasteiger partial charge in [0.05, 0.1) is 9.13 Å². The Bertz CT molecular complexity index is 431. The van der Waals surface area contributed by atoms with Crippen LogP contribution in [0.3, 0.4) is 0 Å². The number of hydrogen-bond acceptors (Lipinski definition) is 6. The van der Waals surface area contributed by atoms with Crippen LogP contribution >= 0.6 is 19.8 Å². The summed E-state index contributed by atoms with van der Waals surface area (Å²) in [4.78, 5) is 11.1. The summed E-state index contributed by atoms with van der Waals surface area (Å²) < 4.78 is 45.8. The normalized spacial score (nSPS) is 10.7. The maximum absolute atomic E-state index is 11.1. The van der Waals surface area contributed by atoms with Crippen LogP contribution in [0.5, 0.6) is 0 Å². The zero-order valence-corrected chi connectivity index (χ0v) is 11.3. The van der Waals surface area contributed by atoms with Crippen molar-refractivity contribution in [2.75, 3.05) is 0 Å². The van der Waals surface area contributed by atoms with Gasteiger partial charge >= 0.3 is 46.8 Å². The molecule has 0 saturated carbocycles. The Morgan fingerprint density at radius 3 is 2.40 bits per heavy atom. The summed E-state index contributed by atoms with van der Waals surface area (Å²) in [7, 11) is 0. The zero-order valence-electron chi connectivity index (χ0n) is 7.01. The molecular formula is C7H4I2O6. The van der Waals surface area contributed by atoms with Crippen LogP contribution < -0.4 is 27.9 Å². The van der Waals surface area contributed by atoms with Crippen LogP contribution in [0.4, 0.5) is 0 Å². The van der Waals surface area contributed by atoms with Gasteiger partial charge in [-0.05, 0) is 12.1 Å². The molecular weight excluding hydrogens is 434 g/mol. The van der Waals surface area contributed by atoms with Crippen molar-refractivity contribution in [1.29, 1.82) is 0 Å². The third-order valence-corrected chi connectivity index (χ3v) is 4.04. The van der Waals surface area contributed by atoms with Gasteiger partial charge in [-0.25, -0.2) is 10.9 Å². The molecule has 0 bridgehead atoms. The highest BCUT2D eigenvalue weighted by atomic mass is 127. The predicted octanol–water partition coefficient (Wildman–Crippen LogP) is -3.70. The summed E-state index contributed by atoms with van der Waals surface area (Å²) in [6.07, 6.45) is 0. The average Bonchev–Trinajstić information content (AvgIpc) is 2.16. The van der Waals surface area contributed by atoms with E-state index < -0.39 is 46.8 Å². The molecule has 0 aliphatic heterocycles. The third kappa shape index (κ3) is 3.62. The predicted molar refractivity (Wildman–Crippen MR) is 45.9 cm³/mol. The van der Waals surface area contributed by atoms with E-state index >= 15 is 0 Å². The first-order valence-corrected chi connectivity index (χ1v) is 8.93. The Morgan fingerprint density at radius 2 is 1.87 bits per heavy atom. The fourth-order valence-corrected chi connectivity index (χ4v) is 2.80. The smallest absolute Gasteiger partial charge is 0.385 e. The fourth-order valence-electron chi connectivity index (χ4n) is 0.860. The molecule has 8 heteroatoms. The molecule has 0 fully saturated rings. The second kappa shape index (κ2) is 5.67. The molecule has 0 N–H and O–H groups in total. The first-order valence-electron chi connectivity index (χ1n) is 3.45. The maximum Gasteiger partial charge on any atom is 0.575 e. The first-order chi connectivity index (χ1) is 7.02. The standard InChI is InChI=1S/C7H4I2O6/c10-7(15-9(13)14)5-3-1-2-4-6(5)8(11)12/h1-4H. The third-order valence-electron chi connectivity index (χ3n) is 1.39. The van der Waals surface area contributed by atoms with E-state index in [0.717, 1.165) is 0 Å². The number of hydrogen-bond donors (Lipinski definition) is 0. The molecule has 1 rings (SSSR count).